The maximum absolute atomic E-state index is 12.2. The third kappa shape index (κ3) is 4.74. The minimum atomic E-state index is -0.583. The van der Waals surface area contributed by atoms with Gasteiger partial charge in [-0.25, -0.2) is 19.7 Å². The molecule has 3 heterocycles. The molecule has 0 saturated heterocycles. The Balaban J connectivity index is 1.61. The van der Waals surface area contributed by atoms with Crippen LogP contribution in [0.3, 0.4) is 0 Å². The zero-order chi connectivity index (χ0) is 25.3. The van der Waals surface area contributed by atoms with Crippen LogP contribution in [0.2, 0.25) is 0 Å². The molecule has 3 N–H and O–H groups in total. The number of amides is 1. The second kappa shape index (κ2) is 9.14. The van der Waals surface area contributed by atoms with Crippen molar-refractivity contribution in [3.63, 3.8) is 0 Å². The first-order valence-corrected chi connectivity index (χ1v) is 11.5. The summed E-state index contributed by atoms with van der Waals surface area (Å²) in [4.78, 5) is 26.2. The average Bonchev–Trinajstić information content (AvgIpc) is 3.22. The van der Waals surface area contributed by atoms with Gasteiger partial charge in [0.25, 0.3) is 0 Å². The number of rotatable bonds is 4. The SMILES string of the molecule is CC(C)(C)OC(=O)Nc1ccc(-n2c(-c3cccnc3N)nc3ccc(-c4ccccc4)nc32)cc1. The molecule has 0 saturated carbocycles. The van der Waals surface area contributed by atoms with Gasteiger partial charge in [-0.3, -0.25) is 9.88 Å². The van der Waals surface area contributed by atoms with Crippen LogP contribution in [0.5, 0.6) is 0 Å². The Bertz CT molecular complexity index is 1540. The van der Waals surface area contributed by atoms with E-state index < -0.39 is 11.7 Å². The summed E-state index contributed by atoms with van der Waals surface area (Å²) in [5.41, 5.74) is 11.0. The number of pyridine rings is 2. The molecule has 8 nitrogen and oxygen atoms in total. The van der Waals surface area contributed by atoms with Crippen LogP contribution < -0.4 is 11.1 Å². The Kier molecular flexibility index (Phi) is 5.85. The van der Waals surface area contributed by atoms with E-state index in [9.17, 15) is 4.79 Å². The smallest absolute Gasteiger partial charge is 0.412 e. The number of nitrogens with two attached hydrogens (primary N) is 1. The molecular formula is C28H26N6O2. The van der Waals surface area contributed by atoms with Crippen LogP contribution in [0.15, 0.2) is 85.1 Å². The van der Waals surface area contributed by atoms with Gasteiger partial charge in [0.2, 0.25) is 0 Å². The predicted molar refractivity (Wildman–Crippen MR) is 142 cm³/mol. The van der Waals surface area contributed by atoms with Gasteiger partial charge in [-0.05, 0) is 69.3 Å². The Hall–Kier alpha value is -4.72. The lowest BCUT2D eigenvalue weighted by molar-refractivity contribution is 0.0636. The number of hydrogen-bond acceptors (Lipinski definition) is 6. The number of carbonyl (C=O) groups excluding carboxylic acids is 1. The van der Waals surface area contributed by atoms with Gasteiger partial charge >= 0.3 is 6.09 Å². The maximum Gasteiger partial charge on any atom is 0.412 e. The zero-order valence-electron chi connectivity index (χ0n) is 20.3. The van der Waals surface area contributed by atoms with Gasteiger partial charge in [0, 0.05) is 23.1 Å². The van der Waals surface area contributed by atoms with Crippen molar-refractivity contribution in [3.05, 3.63) is 85.1 Å². The number of carbonyl (C=O) groups is 1. The van der Waals surface area contributed by atoms with E-state index in [4.69, 9.17) is 20.4 Å². The summed E-state index contributed by atoms with van der Waals surface area (Å²) in [6.45, 7) is 5.46. The van der Waals surface area contributed by atoms with Crippen LogP contribution in [-0.4, -0.2) is 31.2 Å². The van der Waals surface area contributed by atoms with Crippen LogP contribution in [0.1, 0.15) is 20.8 Å². The van der Waals surface area contributed by atoms with Gasteiger partial charge in [-0.15, -0.1) is 0 Å². The number of aromatic nitrogens is 4. The second-order valence-corrected chi connectivity index (χ2v) is 9.29. The second-order valence-electron chi connectivity index (χ2n) is 9.29. The minimum absolute atomic E-state index is 0.376. The van der Waals surface area contributed by atoms with Gasteiger partial charge in [0.05, 0.1) is 11.3 Å². The molecule has 0 fully saturated rings. The largest absolute Gasteiger partial charge is 0.444 e. The Morgan fingerprint density at radius 3 is 2.36 bits per heavy atom. The first-order chi connectivity index (χ1) is 17.3. The van der Waals surface area contributed by atoms with Crippen molar-refractivity contribution >= 4 is 28.8 Å². The molecule has 0 atom stereocenters. The van der Waals surface area contributed by atoms with E-state index >= 15 is 0 Å². The summed E-state index contributed by atoms with van der Waals surface area (Å²) in [5.74, 6) is 1.00. The molecule has 3 aromatic heterocycles. The summed E-state index contributed by atoms with van der Waals surface area (Å²) >= 11 is 0. The van der Waals surface area contributed by atoms with Crippen LogP contribution in [-0.2, 0) is 4.74 Å². The van der Waals surface area contributed by atoms with Crippen molar-refractivity contribution in [3.8, 4) is 28.3 Å². The Labute approximate surface area is 208 Å². The molecule has 180 valence electrons. The predicted octanol–water partition coefficient (Wildman–Crippen LogP) is 6.08. The molecule has 0 spiro atoms. The molecule has 0 aliphatic rings. The lowest BCUT2D eigenvalue weighted by Gasteiger charge is -2.19. The molecular weight excluding hydrogens is 452 g/mol. The first-order valence-electron chi connectivity index (χ1n) is 11.5. The van der Waals surface area contributed by atoms with E-state index in [2.05, 4.69) is 10.3 Å². The van der Waals surface area contributed by atoms with E-state index in [0.717, 1.165) is 22.5 Å². The van der Waals surface area contributed by atoms with Crippen LogP contribution in [0, 0.1) is 0 Å². The summed E-state index contributed by atoms with van der Waals surface area (Å²) in [6, 6.07) is 25.0. The van der Waals surface area contributed by atoms with Crippen molar-refractivity contribution in [2.75, 3.05) is 11.1 Å². The topological polar surface area (TPSA) is 108 Å². The van der Waals surface area contributed by atoms with Crippen molar-refractivity contribution in [2.45, 2.75) is 26.4 Å². The van der Waals surface area contributed by atoms with Gasteiger partial charge in [0.1, 0.15) is 16.9 Å². The highest BCUT2D eigenvalue weighted by atomic mass is 16.6. The highest BCUT2D eigenvalue weighted by molar-refractivity contribution is 5.86. The van der Waals surface area contributed by atoms with E-state index in [1.807, 2.05) is 104 Å². The van der Waals surface area contributed by atoms with E-state index in [-0.39, 0.29) is 0 Å². The molecule has 0 aliphatic carbocycles. The highest BCUT2D eigenvalue weighted by Gasteiger charge is 2.19. The van der Waals surface area contributed by atoms with Crippen LogP contribution >= 0.6 is 0 Å². The monoisotopic (exact) mass is 478 g/mol. The average molecular weight is 479 g/mol. The number of nitrogens with one attached hydrogen (secondary N) is 1. The summed E-state index contributed by atoms with van der Waals surface area (Å²) < 4.78 is 7.30. The molecule has 5 rings (SSSR count). The third-order valence-electron chi connectivity index (χ3n) is 5.42. The number of nitrogens with zero attached hydrogens (tertiary/aromatic N) is 4. The van der Waals surface area contributed by atoms with Crippen molar-refractivity contribution in [2.24, 2.45) is 0 Å². The molecule has 8 heteroatoms. The minimum Gasteiger partial charge on any atom is -0.444 e. The van der Waals surface area contributed by atoms with Gasteiger partial charge in [0.15, 0.2) is 11.5 Å². The molecule has 1 amide bonds. The Morgan fingerprint density at radius 1 is 0.917 bits per heavy atom. The van der Waals surface area contributed by atoms with E-state index in [1.54, 1.807) is 6.20 Å². The molecule has 0 aliphatic heterocycles. The quantitative estimate of drug-likeness (QED) is 0.324. The number of fused-ring (bicyclic) bond motifs is 1. The van der Waals surface area contributed by atoms with Gasteiger partial charge < -0.3 is 10.5 Å². The third-order valence-corrected chi connectivity index (χ3v) is 5.42. The van der Waals surface area contributed by atoms with E-state index in [0.29, 0.717) is 28.5 Å². The van der Waals surface area contributed by atoms with Crippen molar-refractivity contribution in [1.82, 2.24) is 19.5 Å². The number of anilines is 2. The lowest BCUT2D eigenvalue weighted by Crippen LogP contribution is -2.27. The van der Waals surface area contributed by atoms with Crippen LogP contribution in [0.25, 0.3) is 39.5 Å². The molecule has 0 radical (unpaired) electrons. The van der Waals surface area contributed by atoms with Crippen molar-refractivity contribution in [1.29, 1.82) is 0 Å². The molecule has 0 bridgehead atoms. The molecule has 36 heavy (non-hydrogen) atoms. The molecule has 5 aromatic rings. The fourth-order valence-corrected chi connectivity index (χ4v) is 3.87. The van der Waals surface area contributed by atoms with Gasteiger partial charge in [-0.1, -0.05) is 30.3 Å². The van der Waals surface area contributed by atoms with Crippen molar-refractivity contribution < 1.29 is 9.53 Å². The normalized spacial score (nSPS) is 11.4. The summed E-state index contributed by atoms with van der Waals surface area (Å²) in [6.07, 6.45) is 1.13. The maximum atomic E-state index is 12.2. The number of ether oxygens (including phenoxy) is 1. The standard InChI is InChI=1S/C28H26N6O2/c1-28(2,3)36-27(35)31-19-11-13-20(14-12-19)34-25(21-10-7-17-30-24(21)29)33-23-16-15-22(32-26(23)34)18-8-5-4-6-9-18/h4-17H,1-3H3,(H2,29,30)(H,31,35). The zero-order valence-corrected chi connectivity index (χ0v) is 20.3. The van der Waals surface area contributed by atoms with Gasteiger partial charge in [-0.2, -0.15) is 0 Å². The fourth-order valence-electron chi connectivity index (χ4n) is 3.87. The summed E-state index contributed by atoms with van der Waals surface area (Å²) in [7, 11) is 0. The van der Waals surface area contributed by atoms with E-state index in [1.165, 1.54) is 0 Å². The fraction of sp³-hybridized carbons (Fsp3) is 0.143. The molecule has 2 aromatic carbocycles. The highest BCUT2D eigenvalue weighted by Crippen LogP contribution is 2.32. The number of benzene rings is 2. The molecule has 0 unspecified atom stereocenters. The lowest BCUT2D eigenvalue weighted by atomic mass is 10.1. The number of imidazole rings is 1. The summed E-state index contributed by atoms with van der Waals surface area (Å²) in [5, 5.41) is 2.76. The number of nitrogen functional groups attached to an aromatic ring is 1. The first kappa shape index (κ1) is 23.0. The number of hydrogen-bond donors (Lipinski definition) is 2. The Morgan fingerprint density at radius 2 is 1.67 bits per heavy atom. The van der Waals surface area contributed by atoms with Crippen LogP contribution in [0.4, 0.5) is 16.3 Å².